The second-order valence-corrected chi connectivity index (χ2v) is 9.57. The van der Waals surface area contributed by atoms with E-state index in [1.54, 1.807) is 41.2 Å². The van der Waals surface area contributed by atoms with Crippen molar-refractivity contribution in [3.8, 4) is 5.69 Å². The molecule has 9 heteroatoms. The van der Waals surface area contributed by atoms with Crippen LogP contribution in [0.15, 0.2) is 77.9 Å². The Kier molecular flexibility index (Phi) is 6.58. The fourth-order valence-electron chi connectivity index (χ4n) is 4.47. The first kappa shape index (κ1) is 24.7. The minimum Gasteiger partial charge on any atom is -0.294 e. The second-order valence-electron chi connectivity index (χ2n) is 8.75. The van der Waals surface area contributed by atoms with Crippen molar-refractivity contribution in [2.45, 2.75) is 26.8 Å². The smallest absolute Gasteiger partial charge is 0.294 e. The number of hydrogen-bond acceptors (Lipinski definition) is 3. The maximum atomic E-state index is 13.9. The number of carbonyl (C=O) groups excluding carboxylic acids is 2. The summed E-state index contributed by atoms with van der Waals surface area (Å²) in [6.45, 7) is 3.85. The molecule has 0 bridgehead atoms. The molecule has 1 N–H and O–H groups in total. The van der Waals surface area contributed by atoms with Crippen LogP contribution in [0.25, 0.3) is 17.0 Å². The molecule has 186 valence electrons. The highest BCUT2D eigenvalue weighted by atomic mass is 35.5. The van der Waals surface area contributed by atoms with Gasteiger partial charge in [0.05, 0.1) is 27.8 Å². The third-order valence-corrected chi connectivity index (χ3v) is 7.00. The van der Waals surface area contributed by atoms with Gasteiger partial charge in [0.25, 0.3) is 17.2 Å². The van der Waals surface area contributed by atoms with E-state index >= 15 is 0 Å². The van der Waals surface area contributed by atoms with Crippen LogP contribution in [0.2, 0.25) is 10.0 Å². The van der Waals surface area contributed by atoms with Crippen LogP contribution in [0, 0.1) is 6.92 Å². The highest BCUT2D eigenvalue weighted by Crippen LogP contribution is 2.32. The Morgan fingerprint density at radius 2 is 1.68 bits per heavy atom. The lowest BCUT2D eigenvalue weighted by Gasteiger charge is -2.13. The van der Waals surface area contributed by atoms with Crippen molar-refractivity contribution in [3.05, 3.63) is 116 Å². The number of aromatic nitrogens is 3. The molecule has 0 fully saturated rings. The number of imide groups is 1. The summed E-state index contributed by atoms with van der Waals surface area (Å²) < 4.78 is 2.94. The fourth-order valence-corrected chi connectivity index (χ4v) is 4.76. The first-order valence-electron chi connectivity index (χ1n) is 11.7. The zero-order valence-electron chi connectivity index (χ0n) is 20.2. The number of halogens is 2. The molecule has 0 unspecified atom stereocenters. The van der Waals surface area contributed by atoms with Gasteiger partial charge in [0.1, 0.15) is 5.57 Å². The van der Waals surface area contributed by atoms with Crippen LogP contribution in [-0.4, -0.2) is 26.5 Å². The van der Waals surface area contributed by atoms with Crippen LogP contribution >= 0.6 is 23.2 Å². The predicted octanol–water partition coefficient (Wildman–Crippen LogP) is 4.57. The Labute approximate surface area is 223 Å². The number of H-pyrrole nitrogens is 1. The van der Waals surface area contributed by atoms with Crippen molar-refractivity contribution in [1.82, 2.24) is 14.7 Å². The van der Waals surface area contributed by atoms with E-state index < -0.39 is 17.4 Å². The van der Waals surface area contributed by atoms with Crippen molar-refractivity contribution in [3.63, 3.8) is 0 Å². The molecular formula is C28H23Cl2N4O3+. The van der Waals surface area contributed by atoms with Crippen LogP contribution in [0.3, 0.4) is 0 Å². The molecule has 0 saturated heterocycles. The zero-order valence-corrected chi connectivity index (χ0v) is 21.7. The average molecular weight is 534 g/mol. The maximum Gasteiger partial charge on any atom is 0.327 e. The van der Waals surface area contributed by atoms with E-state index in [2.05, 4.69) is 5.10 Å². The van der Waals surface area contributed by atoms with Gasteiger partial charge in [-0.25, -0.2) is 4.68 Å². The summed E-state index contributed by atoms with van der Waals surface area (Å²) in [5.41, 5.74) is 2.59. The monoisotopic (exact) mass is 533 g/mol. The van der Waals surface area contributed by atoms with E-state index in [0.717, 1.165) is 11.1 Å². The summed E-state index contributed by atoms with van der Waals surface area (Å²) >= 11 is 12.3. The third kappa shape index (κ3) is 4.41. The average Bonchev–Trinajstić information content (AvgIpc) is 3.34. The standard InChI is InChI=1S/C28H22Cl2N4O3/c1-3-22-23(27(36)34(31-22)19-11-12-20(29)21(30)14-19)24-25(32-13-7-8-17(2)15-32)28(37)33(26(24)35)16-18-9-5-4-6-10-18/h4-15H,3,16H2,1-2H3/p+1. The highest BCUT2D eigenvalue weighted by Gasteiger charge is 2.47. The summed E-state index contributed by atoms with van der Waals surface area (Å²) in [4.78, 5) is 42.7. The molecule has 0 spiro atoms. The van der Waals surface area contributed by atoms with Gasteiger partial charge in [-0.05, 0) is 43.2 Å². The van der Waals surface area contributed by atoms with Crippen molar-refractivity contribution >= 4 is 46.3 Å². The van der Waals surface area contributed by atoms with Gasteiger partial charge in [0, 0.05) is 17.3 Å². The Morgan fingerprint density at radius 3 is 2.35 bits per heavy atom. The molecule has 0 saturated carbocycles. The summed E-state index contributed by atoms with van der Waals surface area (Å²) in [6, 6.07) is 17.8. The quantitative estimate of drug-likeness (QED) is 0.291. The first-order valence-corrected chi connectivity index (χ1v) is 12.5. The summed E-state index contributed by atoms with van der Waals surface area (Å²) in [7, 11) is 0. The lowest BCUT2D eigenvalue weighted by atomic mass is 10.0. The molecule has 2 aromatic carbocycles. The van der Waals surface area contributed by atoms with Crippen molar-refractivity contribution in [1.29, 1.82) is 0 Å². The van der Waals surface area contributed by atoms with Gasteiger partial charge < -0.3 is 0 Å². The minimum atomic E-state index is -0.523. The van der Waals surface area contributed by atoms with E-state index in [-0.39, 0.29) is 28.4 Å². The maximum absolute atomic E-state index is 13.9. The van der Waals surface area contributed by atoms with E-state index in [1.807, 2.05) is 50.2 Å². The Hall–Kier alpha value is -3.94. The second kappa shape index (κ2) is 9.84. The zero-order chi connectivity index (χ0) is 26.3. The van der Waals surface area contributed by atoms with Crippen LogP contribution < -0.4 is 10.1 Å². The van der Waals surface area contributed by atoms with E-state index in [4.69, 9.17) is 23.2 Å². The molecule has 0 atom stereocenters. The molecule has 1 aliphatic rings. The number of carbonyl (C=O) groups is 2. The number of rotatable bonds is 6. The van der Waals surface area contributed by atoms with E-state index in [1.165, 1.54) is 9.58 Å². The Bertz CT molecular complexity index is 1640. The largest absolute Gasteiger partial charge is 0.327 e. The van der Waals surface area contributed by atoms with E-state index in [9.17, 15) is 14.4 Å². The number of nitrogens with one attached hydrogen (secondary N) is 1. The summed E-state index contributed by atoms with van der Waals surface area (Å²) in [6.07, 6.45) is 3.89. The molecule has 37 heavy (non-hydrogen) atoms. The van der Waals surface area contributed by atoms with E-state index in [0.29, 0.717) is 22.8 Å². The molecule has 0 radical (unpaired) electrons. The summed E-state index contributed by atoms with van der Waals surface area (Å²) in [5.74, 6) is -0.992. The third-order valence-electron chi connectivity index (χ3n) is 6.26. The lowest BCUT2D eigenvalue weighted by Crippen LogP contribution is -2.39. The fraction of sp³-hybridized carbons (Fsp3) is 0.143. The molecule has 3 heterocycles. The summed E-state index contributed by atoms with van der Waals surface area (Å²) in [5, 5.41) is 3.74. The van der Waals surface area contributed by atoms with Crippen LogP contribution in [0.5, 0.6) is 0 Å². The number of aromatic amines is 1. The Balaban J connectivity index is 1.73. The molecule has 2 amide bonds. The topological polar surface area (TPSA) is 79.1 Å². The number of nitrogens with zero attached hydrogens (tertiary/aromatic N) is 3. The molecular weight excluding hydrogens is 511 g/mol. The van der Waals surface area contributed by atoms with Crippen molar-refractivity contribution in [2.24, 2.45) is 0 Å². The van der Waals surface area contributed by atoms with Gasteiger partial charge in [-0.3, -0.25) is 24.4 Å². The number of amides is 2. The van der Waals surface area contributed by atoms with Crippen molar-refractivity contribution in [2.75, 3.05) is 0 Å². The number of hydrogen-bond donors (Lipinski definition) is 1. The highest BCUT2D eigenvalue weighted by molar-refractivity contribution is 6.44. The van der Waals surface area contributed by atoms with Gasteiger partial charge in [-0.15, -0.1) is 0 Å². The predicted molar refractivity (Wildman–Crippen MR) is 142 cm³/mol. The molecule has 7 nitrogen and oxygen atoms in total. The lowest BCUT2D eigenvalue weighted by molar-refractivity contribution is -0.577. The first-order chi connectivity index (χ1) is 17.8. The number of benzene rings is 2. The molecule has 5 rings (SSSR count). The van der Waals surface area contributed by atoms with Gasteiger partial charge in [0.15, 0.2) is 12.4 Å². The van der Waals surface area contributed by atoms with Crippen LogP contribution in [-0.2, 0) is 22.6 Å². The molecule has 0 aliphatic carbocycles. The normalized spacial score (nSPS) is 13.7. The molecule has 2 aromatic heterocycles. The Morgan fingerprint density at radius 1 is 0.919 bits per heavy atom. The van der Waals surface area contributed by atoms with Gasteiger partial charge in [0.2, 0.25) is 0 Å². The van der Waals surface area contributed by atoms with Crippen molar-refractivity contribution < 1.29 is 14.2 Å². The molecule has 1 aliphatic heterocycles. The SMILES string of the molecule is CCc1[nH]n(-c2ccc(Cl)c(Cl)c2)c(=O)c1C1=C([n+]2cccc(C)c2)C(=O)N(Cc2ccccc2)C1=O. The number of aryl methyl sites for hydroxylation is 2. The molecule has 4 aromatic rings. The van der Waals surface area contributed by atoms with Crippen LogP contribution in [0.1, 0.15) is 29.3 Å². The minimum absolute atomic E-state index is 0.0634. The van der Waals surface area contributed by atoms with Gasteiger partial charge in [-0.1, -0.05) is 60.5 Å². The van der Waals surface area contributed by atoms with Gasteiger partial charge >= 0.3 is 5.91 Å². The van der Waals surface area contributed by atoms with Crippen LogP contribution in [0.4, 0.5) is 0 Å². The van der Waals surface area contributed by atoms with Gasteiger partial charge in [-0.2, -0.15) is 4.57 Å². The number of pyridine rings is 1.